The second-order valence-corrected chi connectivity index (χ2v) is 9.27. The van der Waals surface area contributed by atoms with Crippen LogP contribution in [0.25, 0.3) is 11.1 Å². The Hall–Kier alpha value is -3.02. The molecule has 2 aromatic carbocycles. The first-order valence-corrected chi connectivity index (χ1v) is 13.4. The standard InChI is InChI=1S/C30H42O6/c1-3-5-7-19-35-27-17-15-23(11-9-13-29(31)32)21-25(27)26-22-24(12-10-14-30(33)34)16-18-28(26)36-20-8-6-4-2/h15-18,21-22H,3-14,19-20H2,1-2H3,(H,31,32)(H,33,34). The van der Waals surface area contributed by atoms with Crippen LogP contribution in [0.4, 0.5) is 0 Å². The Kier molecular flexibility index (Phi) is 13.5. The van der Waals surface area contributed by atoms with Crippen LogP contribution < -0.4 is 9.47 Å². The number of unbranched alkanes of at least 4 members (excludes halogenated alkanes) is 4. The summed E-state index contributed by atoms with van der Waals surface area (Å²) in [4.78, 5) is 22.0. The topological polar surface area (TPSA) is 93.1 Å². The van der Waals surface area contributed by atoms with Crippen molar-refractivity contribution in [2.24, 2.45) is 0 Å². The Balaban J connectivity index is 2.40. The first kappa shape index (κ1) is 29.2. The number of benzene rings is 2. The maximum atomic E-state index is 11.0. The van der Waals surface area contributed by atoms with Gasteiger partial charge in [-0.25, -0.2) is 0 Å². The number of rotatable bonds is 19. The lowest BCUT2D eigenvalue weighted by molar-refractivity contribution is -0.138. The lowest BCUT2D eigenvalue weighted by atomic mass is 9.96. The summed E-state index contributed by atoms with van der Waals surface area (Å²) >= 11 is 0. The van der Waals surface area contributed by atoms with Crippen molar-refractivity contribution in [3.63, 3.8) is 0 Å². The Bertz CT molecular complexity index is 875. The number of carboxylic acid groups (broad SMARTS) is 2. The first-order valence-electron chi connectivity index (χ1n) is 13.4. The molecule has 36 heavy (non-hydrogen) atoms. The van der Waals surface area contributed by atoms with Gasteiger partial charge in [0.1, 0.15) is 11.5 Å². The molecule has 2 N–H and O–H groups in total. The van der Waals surface area contributed by atoms with E-state index >= 15 is 0 Å². The van der Waals surface area contributed by atoms with E-state index in [0.717, 1.165) is 72.3 Å². The molecule has 2 rings (SSSR count). The predicted octanol–water partition coefficient (Wildman–Crippen LogP) is 7.31. The summed E-state index contributed by atoms with van der Waals surface area (Å²) in [5.41, 5.74) is 3.98. The lowest BCUT2D eigenvalue weighted by Crippen LogP contribution is -2.03. The summed E-state index contributed by atoms with van der Waals surface area (Å²) < 4.78 is 12.4. The van der Waals surface area contributed by atoms with E-state index in [1.807, 2.05) is 24.3 Å². The van der Waals surface area contributed by atoms with Crippen LogP contribution in [-0.4, -0.2) is 35.4 Å². The minimum atomic E-state index is -0.789. The third kappa shape index (κ3) is 10.7. The number of hydrogen-bond acceptors (Lipinski definition) is 4. The smallest absolute Gasteiger partial charge is 0.303 e. The monoisotopic (exact) mass is 498 g/mol. The molecule has 6 heteroatoms. The average molecular weight is 499 g/mol. The molecule has 0 aromatic heterocycles. The van der Waals surface area contributed by atoms with Gasteiger partial charge >= 0.3 is 11.9 Å². The van der Waals surface area contributed by atoms with Gasteiger partial charge in [-0.2, -0.15) is 0 Å². The second kappa shape index (κ2) is 16.6. The summed E-state index contributed by atoms with van der Waals surface area (Å²) in [6.07, 6.45) is 9.15. The van der Waals surface area contributed by atoms with Crippen molar-refractivity contribution >= 4 is 11.9 Å². The molecule has 0 amide bonds. The number of hydrogen-bond donors (Lipinski definition) is 2. The highest BCUT2D eigenvalue weighted by Crippen LogP contribution is 2.39. The molecule has 0 aliphatic heterocycles. The number of carbonyl (C=O) groups is 2. The van der Waals surface area contributed by atoms with Crippen molar-refractivity contribution in [2.45, 2.75) is 90.9 Å². The average Bonchev–Trinajstić information content (AvgIpc) is 2.85. The Morgan fingerprint density at radius 1 is 0.639 bits per heavy atom. The van der Waals surface area contributed by atoms with Crippen LogP contribution in [0.5, 0.6) is 11.5 Å². The molecule has 6 nitrogen and oxygen atoms in total. The summed E-state index contributed by atoms with van der Waals surface area (Å²) in [5.74, 6) is -0.00535. The fourth-order valence-electron chi connectivity index (χ4n) is 4.09. The molecule has 0 bridgehead atoms. The molecule has 0 atom stereocenters. The maximum Gasteiger partial charge on any atom is 0.303 e. The van der Waals surface area contributed by atoms with Crippen LogP contribution in [-0.2, 0) is 22.4 Å². The minimum absolute atomic E-state index is 0.134. The molecule has 0 radical (unpaired) electrons. The molecule has 0 spiro atoms. The van der Waals surface area contributed by atoms with E-state index in [-0.39, 0.29) is 12.8 Å². The minimum Gasteiger partial charge on any atom is -0.493 e. The van der Waals surface area contributed by atoms with Crippen molar-refractivity contribution in [3.8, 4) is 22.6 Å². The van der Waals surface area contributed by atoms with Crippen molar-refractivity contribution in [1.29, 1.82) is 0 Å². The Morgan fingerprint density at radius 3 is 1.42 bits per heavy atom. The highest BCUT2D eigenvalue weighted by atomic mass is 16.5. The third-order valence-electron chi connectivity index (χ3n) is 6.10. The molecule has 0 unspecified atom stereocenters. The third-order valence-corrected chi connectivity index (χ3v) is 6.10. The van der Waals surface area contributed by atoms with Gasteiger partial charge in [-0.15, -0.1) is 0 Å². The van der Waals surface area contributed by atoms with Crippen LogP contribution in [0, 0.1) is 0 Å². The molecule has 0 heterocycles. The van der Waals surface area contributed by atoms with Gasteiger partial charge in [0.05, 0.1) is 13.2 Å². The predicted molar refractivity (Wildman–Crippen MR) is 143 cm³/mol. The number of aliphatic carboxylic acids is 2. The SMILES string of the molecule is CCCCCOc1ccc(CCCC(=O)O)cc1-c1cc(CCCC(=O)O)ccc1OCCCCC. The molecule has 0 aliphatic carbocycles. The largest absolute Gasteiger partial charge is 0.493 e. The van der Waals surface area contributed by atoms with E-state index in [2.05, 4.69) is 26.0 Å². The van der Waals surface area contributed by atoms with Gasteiger partial charge in [-0.3, -0.25) is 9.59 Å². The maximum absolute atomic E-state index is 11.0. The Morgan fingerprint density at radius 2 is 1.06 bits per heavy atom. The highest BCUT2D eigenvalue weighted by molar-refractivity contribution is 5.77. The fourth-order valence-corrected chi connectivity index (χ4v) is 4.09. The van der Waals surface area contributed by atoms with Gasteiger partial charge < -0.3 is 19.7 Å². The lowest BCUT2D eigenvalue weighted by Gasteiger charge is -2.18. The molecule has 198 valence electrons. The highest BCUT2D eigenvalue weighted by Gasteiger charge is 2.15. The van der Waals surface area contributed by atoms with Crippen molar-refractivity contribution in [3.05, 3.63) is 47.5 Å². The van der Waals surface area contributed by atoms with E-state index in [1.165, 1.54) is 0 Å². The second-order valence-electron chi connectivity index (χ2n) is 9.27. The van der Waals surface area contributed by atoms with Crippen LogP contribution in [0.2, 0.25) is 0 Å². The number of ether oxygens (including phenoxy) is 2. The molecular weight excluding hydrogens is 456 g/mol. The molecule has 0 aliphatic rings. The van der Waals surface area contributed by atoms with E-state index in [1.54, 1.807) is 0 Å². The summed E-state index contributed by atoms with van der Waals surface area (Å²) in [6, 6.07) is 12.2. The van der Waals surface area contributed by atoms with Crippen molar-refractivity contribution in [1.82, 2.24) is 0 Å². The van der Waals surface area contributed by atoms with E-state index in [9.17, 15) is 9.59 Å². The van der Waals surface area contributed by atoms with Crippen molar-refractivity contribution < 1.29 is 29.3 Å². The summed E-state index contributed by atoms with van der Waals surface area (Å²) in [5, 5.41) is 18.1. The zero-order valence-corrected chi connectivity index (χ0v) is 21.9. The van der Waals surface area contributed by atoms with E-state index < -0.39 is 11.9 Å². The Labute approximate surface area is 215 Å². The van der Waals surface area contributed by atoms with Gasteiger partial charge in [-0.1, -0.05) is 51.7 Å². The zero-order chi connectivity index (χ0) is 26.2. The van der Waals surface area contributed by atoms with Crippen LogP contribution in [0.15, 0.2) is 36.4 Å². The van der Waals surface area contributed by atoms with Crippen LogP contribution in [0.3, 0.4) is 0 Å². The van der Waals surface area contributed by atoms with Gasteiger partial charge in [0, 0.05) is 24.0 Å². The van der Waals surface area contributed by atoms with Crippen LogP contribution >= 0.6 is 0 Å². The summed E-state index contributed by atoms with van der Waals surface area (Å²) in [7, 11) is 0. The van der Waals surface area contributed by atoms with E-state index in [4.69, 9.17) is 19.7 Å². The zero-order valence-electron chi connectivity index (χ0n) is 21.9. The number of carboxylic acids is 2. The van der Waals surface area contributed by atoms with Crippen molar-refractivity contribution in [2.75, 3.05) is 13.2 Å². The van der Waals surface area contributed by atoms with Gasteiger partial charge in [0.25, 0.3) is 0 Å². The summed E-state index contributed by atoms with van der Waals surface area (Å²) in [6.45, 7) is 5.58. The first-order chi connectivity index (χ1) is 17.4. The molecule has 0 saturated carbocycles. The van der Waals surface area contributed by atoms with E-state index in [0.29, 0.717) is 38.9 Å². The molecular formula is C30H42O6. The van der Waals surface area contributed by atoms with Crippen LogP contribution in [0.1, 0.15) is 89.2 Å². The van der Waals surface area contributed by atoms with Gasteiger partial charge in [0.15, 0.2) is 0 Å². The quantitative estimate of drug-likeness (QED) is 0.197. The number of aryl methyl sites for hydroxylation is 2. The van der Waals surface area contributed by atoms with Gasteiger partial charge in [0.2, 0.25) is 0 Å². The van der Waals surface area contributed by atoms with Gasteiger partial charge in [-0.05, 0) is 73.9 Å². The fraction of sp³-hybridized carbons (Fsp3) is 0.533. The molecule has 0 fully saturated rings. The molecule has 0 saturated heterocycles. The normalized spacial score (nSPS) is 10.8. The molecule has 2 aromatic rings.